The van der Waals surface area contributed by atoms with E-state index in [1.54, 1.807) is 11.3 Å². The molecule has 0 unspecified atom stereocenters. The highest BCUT2D eigenvalue weighted by Gasteiger charge is 2.21. The van der Waals surface area contributed by atoms with Crippen molar-refractivity contribution in [2.75, 3.05) is 11.1 Å². The zero-order valence-electron chi connectivity index (χ0n) is 15.4. The Morgan fingerprint density at radius 3 is 2.90 bits per heavy atom. The standard InChI is InChI=1S/C19H14F2N4O2S3/c20-9-4-11-13(5-10(9)21)30-19(22-11)25-15(26)7-28-6-14-23-17(27)16-8-2-1-3-12(8)29-18(16)24-14/h4-5H,1-3,6-7H2,(H,22,25,26)(H,23,24,27). The molecule has 0 fully saturated rings. The Bertz CT molecular complexity index is 1320. The summed E-state index contributed by atoms with van der Waals surface area (Å²) in [5.41, 5.74) is 1.31. The van der Waals surface area contributed by atoms with Crippen molar-refractivity contribution in [1.82, 2.24) is 15.0 Å². The normalized spacial score (nSPS) is 13.3. The van der Waals surface area contributed by atoms with E-state index in [1.165, 1.54) is 16.6 Å². The second-order valence-electron chi connectivity index (χ2n) is 6.84. The number of hydrogen-bond acceptors (Lipinski definition) is 7. The van der Waals surface area contributed by atoms with Gasteiger partial charge in [-0.15, -0.1) is 23.1 Å². The number of aromatic nitrogens is 3. The van der Waals surface area contributed by atoms with E-state index in [-0.39, 0.29) is 22.4 Å². The Morgan fingerprint density at radius 1 is 1.20 bits per heavy atom. The van der Waals surface area contributed by atoms with Gasteiger partial charge in [0.05, 0.1) is 27.1 Å². The number of thioether (sulfide) groups is 1. The first kappa shape index (κ1) is 19.6. The van der Waals surface area contributed by atoms with Gasteiger partial charge >= 0.3 is 0 Å². The van der Waals surface area contributed by atoms with Crippen LogP contribution in [0.4, 0.5) is 13.9 Å². The van der Waals surface area contributed by atoms with Crippen molar-refractivity contribution in [2.45, 2.75) is 25.0 Å². The van der Waals surface area contributed by atoms with Crippen molar-refractivity contribution in [2.24, 2.45) is 0 Å². The van der Waals surface area contributed by atoms with Crippen LogP contribution in [-0.2, 0) is 23.4 Å². The molecule has 0 radical (unpaired) electrons. The average Bonchev–Trinajstić information content (AvgIpc) is 3.36. The Labute approximate surface area is 180 Å². The van der Waals surface area contributed by atoms with E-state index in [2.05, 4.69) is 20.3 Å². The summed E-state index contributed by atoms with van der Waals surface area (Å²) in [6.07, 6.45) is 3.02. The quantitative estimate of drug-likeness (QED) is 0.462. The van der Waals surface area contributed by atoms with Gasteiger partial charge < -0.3 is 10.3 Å². The lowest BCUT2D eigenvalue weighted by atomic mass is 10.2. The molecular weight excluding hydrogens is 450 g/mol. The van der Waals surface area contributed by atoms with E-state index >= 15 is 0 Å². The van der Waals surface area contributed by atoms with E-state index in [4.69, 9.17) is 0 Å². The molecule has 3 heterocycles. The van der Waals surface area contributed by atoms with Crippen molar-refractivity contribution in [3.8, 4) is 0 Å². The lowest BCUT2D eigenvalue weighted by molar-refractivity contribution is -0.113. The fourth-order valence-electron chi connectivity index (χ4n) is 3.49. The number of rotatable bonds is 5. The molecule has 1 aliphatic carbocycles. The van der Waals surface area contributed by atoms with Gasteiger partial charge in [0.2, 0.25) is 5.91 Å². The van der Waals surface area contributed by atoms with Crippen LogP contribution >= 0.6 is 34.4 Å². The number of fused-ring (bicyclic) bond motifs is 4. The van der Waals surface area contributed by atoms with Crippen LogP contribution in [0.5, 0.6) is 0 Å². The minimum Gasteiger partial charge on any atom is -0.309 e. The zero-order valence-corrected chi connectivity index (χ0v) is 17.8. The number of amides is 1. The van der Waals surface area contributed by atoms with Crippen LogP contribution in [0.2, 0.25) is 0 Å². The maximum absolute atomic E-state index is 13.3. The molecule has 0 aliphatic heterocycles. The van der Waals surface area contributed by atoms with Gasteiger partial charge in [0.15, 0.2) is 16.8 Å². The monoisotopic (exact) mass is 464 g/mol. The molecule has 6 nitrogen and oxygen atoms in total. The molecule has 1 amide bonds. The molecule has 0 saturated heterocycles. The number of halogens is 2. The minimum atomic E-state index is -0.976. The highest BCUT2D eigenvalue weighted by molar-refractivity contribution is 7.99. The summed E-state index contributed by atoms with van der Waals surface area (Å²) >= 11 is 3.97. The number of carbonyl (C=O) groups excluding carboxylic acids is 1. The molecule has 0 bridgehead atoms. The Kier molecular flexibility index (Phi) is 5.03. The first-order valence-electron chi connectivity index (χ1n) is 9.14. The van der Waals surface area contributed by atoms with Crippen molar-refractivity contribution < 1.29 is 13.6 Å². The molecule has 0 spiro atoms. The third-order valence-electron chi connectivity index (χ3n) is 4.77. The largest absolute Gasteiger partial charge is 0.309 e. The van der Waals surface area contributed by atoms with E-state index in [0.29, 0.717) is 27.2 Å². The molecule has 30 heavy (non-hydrogen) atoms. The maximum Gasteiger partial charge on any atom is 0.259 e. The average molecular weight is 465 g/mol. The molecule has 4 aromatic rings. The molecule has 1 aromatic carbocycles. The van der Waals surface area contributed by atoms with Gasteiger partial charge in [0, 0.05) is 10.9 Å². The highest BCUT2D eigenvalue weighted by atomic mass is 32.2. The minimum absolute atomic E-state index is 0.117. The van der Waals surface area contributed by atoms with Crippen molar-refractivity contribution >= 4 is 65.9 Å². The second-order valence-corrected chi connectivity index (χ2v) is 9.94. The van der Waals surface area contributed by atoms with Gasteiger partial charge in [-0.1, -0.05) is 11.3 Å². The second kappa shape index (κ2) is 7.71. The fraction of sp³-hybridized carbons (Fsp3) is 0.263. The van der Waals surface area contributed by atoms with Gasteiger partial charge in [0.1, 0.15) is 10.7 Å². The smallest absolute Gasteiger partial charge is 0.259 e. The molecule has 11 heteroatoms. The van der Waals surface area contributed by atoms with Crippen LogP contribution in [-0.4, -0.2) is 26.6 Å². The third kappa shape index (κ3) is 3.61. The van der Waals surface area contributed by atoms with Crippen LogP contribution in [0, 0.1) is 11.6 Å². The Hall–Kier alpha value is -2.37. The van der Waals surface area contributed by atoms with Gasteiger partial charge in [0.25, 0.3) is 5.56 Å². The van der Waals surface area contributed by atoms with E-state index in [0.717, 1.165) is 53.1 Å². The van der Waals surface area contributed by atoms with Crippen LogP contribution in [0.1, 0.15) is 22.7 Å². The molecule has 5 rings (SSSR count). The van der Waals surface area contributed by atoms with Gasteiger partial charge in [-0.25, -0.2) is 18.7 Å². The van der Waals surface area contributed by atoms with Crippen LogP contribution in [0.3, 0.4) is 0 Å². The van der Waals surface area contributed by atoms with Gasteiger partial charge in [-0.2, -0.15) is 0 Å². The van der Waals surface area contributed by atoms with Crippen LogP contribution in [0.15, 0.2) is 16.9 Å². The fourth-order valence-corrected chi connectivity index (χ4v) is 6.35. The van der Waals surface area contributed by atoms with Crippen molar-refractivity contribution in [3.05, 3.63) is 50.4 Å². The lowest BCUT2D eigenvalue weighted by Crippen LogP contribution is -2.15. The van der Waals surface area contributed by atoms with Crippen molar-refractivity contribution in [3.63, 3.8) is 0 Å². The lowest BCUT2D eigenvalue weighted by Gasteiger charge is -2.03. The van der Waals surface area contributed by atoms with E-state index < -0.39 is 11.6 Å². The number of carbonyl (C=O) groups is 1. The molecule has 154 valence electrons. The zero-order chi connectivity index (χ0) is 20.8. The number of nitrogens with zero attached hydrogens (tertiary/aromatic N) is 2. The molecule has 1 aliphatic rings. The number of H-pyrrole nitrogens is 1. The summed E-state index contributed by atoms with van der Waals surface area (Å²) in [7, 11) is 0. The van der Waals surface area contributed by atoms with Crippen LogP contribution < -0.4 is 10.9 Å². The number of hydrogen-bond donors (Lipinski definition) is 2. The molecule has 0 saturated carbocycles. The van der Waals surface area contributed by atoms with E-state index in [1.807, 2.05) is 0 Å². The number of aryl methyl sites for hydroxylation is 2. The summed E-state index contributed by atoms with van der Waals surface area (Å²) in [6.45, 7) is 0. The predicted molar refractivity (Wildman–Crippen MR) is 117 cm³/mol. The third-order valence-corrected chi connectivity index (χ3v) is 7.84. The highest BCUT2D eigenvalue weighted by Crippen LogP contribution is 2.34. The first-order valence-corrected chi connectivity index (χ1v) is 11.9. The summed E-state index contributed by atoms with van der Waals surface area (Å²) in [4.78, 5) is 38.1. The number of thiazole rings is 1. The summed E-state index contributed by atoms with van der Waals surface area (Å²) in [5, 5.41) is 3.63. The summed E-state index contributed by atoms with van der Waals surface area (Å²) in [6, 6.07) is 2.07. The SMILES string of the molecule is O=C(CSCc1nc2sc3c(c2c(=O)[nH]1)CCC3)Nc1nc2cc(F)c(F)cc2s1. The Balaban J connectivity index is 1.22. The Morgan fingerprint density at radius 2 is 2.03 bits per heavy atom. The number of aromatic amines is 1. The van der Waals surface area contributed by atoms with Crippen molar-refractivity contribution in [1.29, 1.82) is 0 Å². The number of nitrogens with one attached hydrogen (secondary N) is 2. The summed E-state index contributed by atoms with van der Waals surface area (Å²) < 4.78 is 27.0. The number of anilines is 1. The molecular formula is C19H14F2N4O2S3. The molecule has 2 N–H and O–H groups in total. The molecule has 0 atom stereocenters. The van der Waals surface area contributed by atoms with Gasteiger partial charge in [-0.05, 0) is 30.9 Å². The maximum atomic E-state index is 13.3. The first-order chi connectivity index (χ1) is 14.5. The number of thiophene rings is 1. The van der Waals surface area contributed by atoms with Crippen LogP contribution in [0.25, 0.3) is 20.4 Å². The van der Waals surface area contributed by atoms with E-state index in [9.17, 15) is 18.4 Å². The predicted octanol–water partition coefficient (Wildman–Crippen LogP) is 4.23. The summed E-state index contributed by atoms with van der Waals surface area (Å²) in [5.74, 6) is -1.17. The topological polar surface area (TPSA) is 87.7 Å². The number of benzene rings is 1. The molecule has 3 aromatic heterocycles. The van der Waals surface area contributed by atoms with Gasteiger partial charge in [-0.3, -0.25) is 9.59 Å².